The Bertz CT molecular complexity index is 702. The zero-order valence-corrected chi connectivity index (χ0v) is 16.0. The summed E-state index contributed by atoms with van der Waals surface area (Å²) in [6.07, 6.45) is -1.39. The molecule has 26 heavy (non-hydrogen) atoms. The van der Waals surface area contributed by atoms with Crippen LogP contribution in [0, 0.1) is 0 Å². The molecular weight excluding hydrogens is 336 g/mol. The number of methoxy groups -OCH3 is 4. The number of ether oxygens (including phenoxy) is 4. The highest BCUT2D eigenvalue weighted by Crippen LogP contribution is 2.47. The first-order chi connectivity index (χ1) is 12.4. The minimum absolute atomic E-state index is 0.490. The Labute approximate surface area is 153 Å². The van der Waals surface area contributed by atoms with Gasteiger partial charge in [0.05, 0.1) is 40.6 Å². The standard InChI is InChI=1S/C20H26O6/c1-11(21)13-7-15(19(25-5)17(9-13)23-3)16-8-14(12(2)22)10-18(24-4)20(16)26-6/h7-12,21-22H,1-6H3. The Morgan fingerprint density at radius 3 is 1.19 bits per heavy atom. The summed E-state index contributed by atoms with van der Waals surface area (Å²) in [7, 11) is 6.17. The van der Waals surface area contributed by atoms with E-state index in [9.17, 15) is 10.2 Å². The van der Waals surface area contributed by atoms with E-state index in [2.05, 4.69) is 0 Å². The van der Waals surface area contributed by atoms with Crippen LogP contribution in [0.3, 0.4) is 0 Å². The van der Waals surface area contributed by atoms with Gasteiger partial charge in [-0.15, -0.1) is 0 Å². The van der Waals surface area contributed by atoms with Gasteiger partial charge in [0.15, 0.2) is 23.0 Å². The van der Waals surface area contributed by atoms with E-state index in [0.29, 0.717) is 45.3 Å². The molecule has 2 unspecified atom stereocenters. The Morgan fingerprint density at radius 2 is 0.962 bits per heavy atom. The van der Waals surface area contributed by atoms with Crippen LogP contribution in [-0.4, -0.2) is 38.7 Å². The number of rotatable bonds is 7. The summed E-state index contributed by atoms with van der Waals surface area (Å²) >= 11 is 0. The highest BCUT2D eigenvalue weighted by molar-refractivity contribution is 5.82. The molecule has 0 aliphatic carbocycles. The quantitative estimate of drug-likeness (QED) is 0.785. The van der Waals surface area contributed by atoms with E-state index in [1.807, 2.05) is 12.1 Å². The molecule has 2 N–H and O–H groups in total. The lowest BCUT2D eigenvalue weighted by atomic mass is 9.95. The second kappa shape index (κ2) is 8.29. The van der Waals surface area contributed by atoms with E-state index < -0.39 is 12.2 Å². The first-order valence-electron chi connectivity index (χ1n) is 8.26. The molecular formula is C20H26O6. The maximum absolute atomic E-state index is 10.1. The molecule has 6 heteroatoms. The number of aliphatic hydroxyl groups excluding tert-OH is 2. The zero-order chi connectivity index (χ0) is 19.4. The fourth-order valence-electron chi connectivity index (χ4n) is 2.85. The van der Waals surface area contributed by atoms with Crippen molar-refractivity contribution in [3.05, 3.63) is 35.4 Å². The monoisotopic (exact) mass is 362 g/mol. The Balaban J connectivity index is 2.89. The summed E-state index contributed by atoms with van der Waals surface area (Å²) in [6.45, 7) is 3.35. The predicted molar refractivity (Wildman–Crippen MR) is 99.4 cm³/mol. The van der Waals surface area contributed by atoms with E-state index in [1.165, 1.54) is 14.2 Å². The highest BCUT2D eigenvalue weighted by atomic mass is 16.5. The number of aliphatic hydroxyl groups is 2. The lowest BCUT2D eigenvalue weighted by Crippen LogP contribution is -2.02. The van der Waals surface area contributed by atoms with Crippen molar-refractivity contribution in [3.8, 4) is 34.1 Å². The fourth-order valence-corrected chi connectivity index (χ4v) is 2.85. The van der Waals surface area contributed by atoms with Crippen LogP contribution >= 0.6 is 0 Å². The summed E-state index contributed by atoms with van der Waals surface area (Å²) in [5.74, 6) is 1.98. The molecule has 6 nitrogen and oxygen atoms in total. The first kappa shape index (κ1) is 19.9. The van der Waals surface area contributed by atoms with Gasteiger partial charge >= 0.3 is 0 Å². The molecule has 0 aliphatic rings. The number of benzene rings is 2. The van der Waals surface area contributed by atoms with Gasteiger partial charge in [-0.05, 0) is 49.2 Å². The summed E-state index contributed by atoms with van der Waals surface area (Å²) in [6, 6.07) is 7.09. The van der Waals surface area contributed by atoms with E-state index in [4.69, 9.17) is 18.9 Å². The van der Waals surface area contributed by atoms with Crippen LogP contribution in [-0.2, 0) is 0 Å². The van der Waals surface area contributed by atoms with Crippen LogP contribution < -0.4 is 18.9 Å². The molecule has 0 heterocycles. The summed E-state index contributed by atoms with van der Waals surface area (Å²) < 4.78 is 22.0. The molecule has 0 fully saturated rings. The Hall–Kier alpha value is -2.44. The third-order valence-corrected chi connectivity index (χ3v) is 4.26. The Morgan fingerprint density at radius 1 is 0.615 bits per heavy atom. The topological polar surface area (TPSA) is 77.4 Å². The van der Waals surface area contributed by atoms with Gasteiger partial charge in [-0.3, -0.25) is 0 Å². The van der Waals surface area contributed by atoms with Crippen molar-refractivity contribution < 1.29 is 29.2 Å². The second-order valence-corrected chi connectivity index (χ2v) is 5.96. The number of hydrogen-bond donors (Lipinski definition) is 2. The van der Waals surface area contributed by atoms with Crippen LogP contribution in [0.4, 0.5) is 0 Å². The van der Waals surface area contributed by atoms with E-state index >= 15 is 0 Å². The maximum Gasteiger partial charge on any atom is 0.168 e. The van der Waals surface area contributed by atoms with Crippen molar-refractivity contribution in [2.45, 2.75) is 26.1 Å². The van der Waals surface area contributed by atoms with Crippen molar-refractivity contribution in [3.63, 3.8) is 0 Å². The molecule has 2 rings (SSSR count). The predicted octanol–water partition coefficient (Wildman–Crippen LogP) is 3.49. The molecule has 0 saturated heterocycles. The zero-order valence-electron chi connectivity index (χ0n) is 16.0. The summed E-state index contributed by atoms with van der Waals surface area (Å²) in [5.41, 5.74) is 2.67. The largest absolute Gasteiger partial charge is 0.493 e. The van der Waals surface area contributed by atoms with Gasteiger partial charge in [-0.2, -0.15) is 0 Å². The summed E-state index contributed by atoms with van der Waals surface area (Å²) in [5, 5.41) is 20.1. The molecule has 2 atom stereocenters. The maximum atomic E-state index is 10.1. The van der Waals surface area contributed by atoms with Gasteiger partial charge in [-0.25, -0.2) is 0 Å². The molecule has 0 aliphatic heterocycles. The van der Waals surface area contributed by atoms with Gasteiger partial charge in [0, 0.05) is 11.1 Å². The van der Waals surface area contributed by atoms with Crippen LogP contribution in [0.2, 0.25) is 0 Å². The van der Waals surface area contributed by atoms with E-state index in [-0.39, 0.29) is 0 Å². The van der Waals surface area contributed by atoms with E-state index in [1.54, 1.807) is 40.2 Å². The normalized spacial score (nSPS) is 13.1. The third kappa shape index (κ3) is 3.71. The lowest BCUT2D eigenvalue weighted by molar-refractivity contribution is 0.198. The van der Waals surface area contributed by atoms with Gasteiger partial charge in [0.1, 0.15) is 0 Å². The second-order valence-electron chi connectivity index (χ2n) is 5.96. The lowest BCUT2D eigenvalue weighted by Gasteiger charge is -2.20. The van der Waals surface area contributed by atoms with Gasteiger partial charge in [0.25, 0.3) is 0 Å². The minimum atomic E-state index is -0.693. The minimum Gasteiger partial charge on any atom is -0.493 e. The molecule has 142 valence electrons. The Kier molecular flexibility index (Phi) is 6.34. The fraction of sp³-hybridized carbons (Fsp3) is 0.400. The van der Waals surface area contributed by atoms with Crippen LogP contribution in [0.1, 0.15) is 37.2 Å². The SMILES string of the molecule is COc1cc(C(C)O)cc(-c2cc(C(C)O)cc(OC)c2OC)c1OC. The molecule has 0 radical (unpaired) electrons. The van der Waals surface area contributed by atoms with E-state index in [0.717, 1.165) is 0 Å². The van der Waals surface area contributed by atoms with Gasteiger partial charge < -0.3 is 29.2 Å². The van der Waals surface area contributed by atoms with Crippen molar-refractivity contribution in [1.29, 1.82) is 0 Å². The van der Waals surface area contributed by atoms with Crippen LogP contribution in [0.25, 0.3) is 11.1 Å². The highest BCUT2D eigenvalue weighted by Gasteiger charge is 2.22. The third-order valence-electron chi connectivity index (χ3n) is 4.26. The molecule has 0 amide bonds. The number of hydrogen-bond acceptors (Lipinski definition) is 6. The van der Waals surface area contributed by atoms with Gasteiger partial charge in [0.2, 0.25) is 0 Å². The van der Waals surface area contributed by atoms with Gasteiger partial charge in [-0.1, -0.05) is 0 Å². The van der Waals surface area contributed by atoms with Crippen molar-refractivity contribution in [2.75, 3.05) is 28.4 Å². The molecule has 2 aromatic carbocycles. The van der Waals surface area contributed by atoms with Crippen molar-refractivity contribution in [2.24, 2.45) is 0 Å². The van der Waals surface area contributed by atoms with Crippen molar-refractivity contribution in [1.82, 2.24) is 0 Å². The summed E-state index contributed by atoms with van der Waals surface area (Å²) in [4.78, 5) is 0. The van der Waals surface area contributed by atoms with Crippen LogP contribution in [0.15, 0.2) is 24.3 Å². The smallest absolute Gasteiger partial charge is 0.168 e. The van der Waals surface area contributed by atoms with Crippen molar-refractivity contribution >= 4 is 0 Å². The molecule has 2 aromatic rings. The molecule has 0 aromatic heterocycles. The van der Waals surface area contributed by atoms with Crippen LogP contribution in [0.5, 0.6) is 23.0 Å². The molecule has 0 saturated carbocycles. The molecule has 0 spiro atoms. The average Bonchev–Trinajstić information content (AvgIpc) is 2.65. The average molecular weight is 362 g/mol. The first-order valence-corrected chi connectivity index (χ1v) is 8.26. The molecule has 0 bridgehead atoms.